The highest BCUT2D eigenvalue weighted by molar-refractivity contribution is 14.1. The predicted octanol–water partition coefficient (Wildman–Crippen LogP) is 2.28. The summed E-state index contributed by atoms with van der Waals surface area (Å²) in [6.07, 6.45) is 1.63. The number of aromatic carboxylic acids is 1. The number of hydrogen-bond donors (Lipinski definition) is 2. The molecule has 1 aliphatic rings. The van der Waals surface area contributed by atoms with Crippen LogP contribution in [0.3, 0.4) is 0 Å². The van der Waals surface area contributed by atoms with Crippen LogP contribution in [-0.4, -0.2) is 28.4 Å². The van der Waals surface area contributed by atoms with Gasteiger partial charge >= 0.3 is 5.97 Å². The molecule has 0 amide bonds. The fourth-order valence-corrected chi connectivity index (χ4v) is 2.47. The van der Waals surface area contributed by atoms with Crippen molar-refractivity contribution in [1.82, 2.24) is 0 Å². The molecule has 0 spiro atoms. The number of aliphatic hydroxyl groups excluding tert-OH is 1. The van der Waals surface area contributed by atoms with Crippen molar-refractivity contribution in [2.45, 2.75) is 31.5 Å². The van der Waals surface area contributed by atoms with Crippen molar-refractivity contribution in [2.75, 3.05) is 0 Å². The van der Waals surface area contributed by atoms with E-state index < -0.39 is 12.1 Å². The summed E-state index contributed by atoms with van der Waals surface area (Å²) in [4.78, 5) is 11.1. The standard InChI is InChI=1S/C12H13IO4/c13-7-4-5-10(8(6-7)12(15)16)17-11-3-1-2-9(11)14/h4-6,9,11,14H,1-3H2,(H,15,16). The highest BCUT2D eigenvalue weighted by atomic mass is 127. The number of ether oxygens (including phenoxy) is 1. The van der Waals surface area contributed by atoms with Crippen LogP contribution >= 0.6 is 22.6 Å². The Morgan fingerprint density at radius 2 is 2.18 bits per heavy atom. The molecule has 0 radical (unpaired) electrons. The third-order valence-corrected chi connectivity index (χ3v) is 3.54. The summed E-state index contributed by atoms with van der Waals surface area (Å²) in [6, 6.07) is 5.01. The van der Waals surface area contributed by atoms with Crippen molar-refractivity contribution in [2.24, 2.45) is 0 Å². The minimum atomic E-state index is -1.01. The van der Waals surface area contributed by atoms with E-state index in [0.717, 1.165) is 22.8 Å². The molecule has 1 aromatic carbocycles. The lowest BCUT2D eigenvalue weighted by atomic mass is 10.2. The lowest BCUT2D eigenvalue weighted by Crippen LogP contribution is -2.26. The van der Waals surface area contributed by atoms with Crippen molar-refractivity contribution in [3.63, 3.8) is 0 Å². The lowest BCUT2D eigenvalue weighted by molar-refractivity contribution is 0.0560. The number of benzene rings is 1. The molecular formula is C12H13IO4. The Hall–Kier alpha value is -0.820. The quantitative estimate of drug-likeness (QED) is 0.823. The second kappa shape index (κ2) is 5.22. The summed E-state index contributed by atoms with van der Waals surface area (Å²) in [5, 5.41) is 18.7. The summed E-state index contributed by atoms with van der Waals surface area (Å²) in [5.74, 6) is -0.671. The van der Waals surface area contributed by atoms with Crippen LogP contribution in [0.5, 0.6) is 5.75 Å². The van der Waals surface area contributed by atoms with Crippen LogP contribution in [0.15, 0.2) is 18.2 Å². The van der Waals surface area contributed by atoms with Crippen LogP contribution in [0, 0.1) is 3.57 Å². The van der Waals surface area contributed by atoms with Gasteiger partial charge in [0.05, 0.1) is 6.10 Å². The molecule has 0 bridgehead atoms. The summed E-state index contributed by atoms with van der Waals surface area (Å²) < 4.78 is 6.45. The van der Waals surface area contributed by atoms with E-state index in [4.69, 9.17) is 9.84 Å². The highest BCUT2D eigenvalue weighted by Gasteiger charge is 2.28. The Balaban J connectivity index is 2.22. The van der Waals surface area contributed by atoms with Gasteiger partial charge < -0.3 is 14.9 Å². The van der Waals surface area contributed by atoms with Gasteiger partial charge in [0.2, 0.25) is 0 Å². The number of carboxylic acid groups (broad SMARTS) is 1. The van der Waals surface area contributed by atoms with Gasteiger partial charge in [0, 0.05) is 3.57 Å². The smallest absolute Gasteiger partial charge is 0.339 e. The van der Waals surface area contributed by atoms with E-state index in [2.05, 4.69) is 22.6 Å². The Morgan fingerprint density at radius 3 is 2.76 bits per heavy atom. The summed E-state index contributed by atoms with van der Waals surface area (Å²) >= 11 is 2.06. The molecule has 2 N–H and O–H groups in total. The number of aliphatic hydroxyl groups is 1. The molecule has 0 heterocycles. The maximum absolute atomic E-state index is 11.1. The number of rotatable bonds is 3. The Labute approximate surface area is 113 Å². The van der Waals surface area contributed by atoms with Gasteiger partial charge in [0.1, 0.15) is 17.4 Å². The van der Waals surface area contributed by atoms with Gasteiger partial charge in [0.25, 0.3) is 0 Å². The minimum absolute atomic E-state index is 0.149. The highest BCUT2D eigenvalue weighted by Crippen LogP contribution is 2.28. The number of carbonyl (C=O) groups is 1. The van der Waals surface area contributed by atoms with Crippen LogP contribution in [0.2, 0.25) is 0 Å². The van der Waals surface area contributed by atoms with Gasteiger partial charge in [-0.25, -0.2) is 4.79 Å². The molecule has 2 unspecified atom stereocenters. The average molecular weight is 348 g/mol. The number of halogens is 1. The van der Waals surface area contributed by atoms with E-state index in [0.29, 0.717) is 5.75 Å². The molecule has 1 aromatic rings. The number of hydrogen-bond acceptors (Lipinski definition) is 3. The predicted molar refractivity (Wildman–Crippen MR) is 70.4 cm³/mol. The monoisotopic (exact) mass is 348 g/mol. The number of carboxylic acids is 1. The Bertz CT molecular complexity index is 433. The minimum Gasteiger partial charge on any atom is -0.487 e. The molecule has 4 nitrogen and oxygen atoms in total. The first-order chi connectivity index (χ1) is 8.08. The van der Waals surface area contributed by atoms with Crippen molar-refractivity contribution in [3.05, 3.63) is 27.3 Å². The fourth-order valence-electron chi connectivity index (χ4n) is 1.98. The zero-order chi connectivity index (χ0) is 12.4. The second-order valence-corrected chi connectivity index (χ2v) is 5.35. The molecule has 17 heavy (non-hydrogen) atoms. The maximum atomic E-state index is 11.1. The van der Waals surface area contributed by atoms with Gasteiger partial charge in [-0.2, -0.15) is 0 Å². The van der Waals surface area contributed by atoms with E-state index in [1.165, 1.54) is 0 Å². The molecule has 1 saturated carbocycles. The van der Waals surface area contributed by atoms with Crippen molar-refractivity contribution < 1.29 is 19.7 Å². The van der Waals surface area contributed by atoms with Crippen LogP contribution in [-0.2, 0) is 0 Å². The van der Waals surface area contributed by atoms with E-state index in [1.54, 1.807) is 18.2 Å². The largest absolute Gasteiger partial charge is 0.487 e. The zero-order valence-electron chi connectivity index (χ0n) is 9.10. The maximum Gasteiger partial charge on any atom is 0.339 e. The molecule has 0 aromatic heterocycles. The molecular weight excluding hydrogens is 335 g/mol. The van der Waals surface area contributed by atoms with Crippen molar-refractivity contribution >= 4 is 28.6 Å². The van der Waals surface area contributed by atoms with Crippen molar-refractivity contribution in [1.29, 1.82) is 0 Å². The lowest BCUT2D eigenvalue weighted by Gasteiger charge is -2.18. The second-order valence-electron chi connectivity index (χ2n) is 4.10. The Kier molecular flexibility index (Phi) is 3.88. The van der Waals surface area contributed by atoms with E-state index in [9.17, 15) is 9.90 Å². The fraction of sp³-hybridized carbons (Fsp3) is 0.417. The first-order valence-corrected chi connectivity index (χ1v) is 6.53. The van der Waals surface area contributed by atoms with E-state index in [1.807, 2.05) is 0 Å². The van der Waals surface area contributed by atoms with Gasteiger partial charge in [-0.1, -0.05) is 0 Å². The van der Waals surface area contributed by atoms with Gasteiger partial charge in [-0.3, -0.25) is 0 Å². The van der Waals surface area contributed by atoms with Gasteiger partial charge in [0.15, 0.2) is 0 Å². The van der Waals surface area contributed by atoms with Gasteiger partial charge in [-0.15, -0.1) is 0 Å². The van der Waals surface area contributed by atoms with Crippen molar-refractivity contribution in [3.8, 4) is 5.75 Å². The molecule has 2 rings (SSSR count). The summed E-state index contributed by atoms with van der Waals surface area (Å²) in [6.45, 7) is 0. The molecule has 1 fully saturated rings. The average Bonchev–Trinajstić information content (AvgIpc) is 2.67. The van der Waals surface area contributed by atoms with Crippen LogP contribution in [0.4, 0.5) is 0 Å². The third-order valence-electron chi connectivity index (χ3n) is 2.87. The first-order valence-electron chi connectivity index (χ1n) is 5.45. The van der Waals surface area contributed by atoms with Gasteiger partial charge in [-0.05, 0) is 60.1 Å². The molecule has 92 valence electrons. The zero-order valence-corrected chi connectivity index (χ0v) is 11.3. The normalized spacial score (nSPS) is 23.6. The summed E-state index contributed by atoms with van der Waals surface area (Å²) in [7, 11) is 0. The molecule has 0 aliphatic heterocycles. The molecule has 0 saturated heterocycles. The van der Waals surface area contributed by atoms with E-state index >= 15 is 0 Å². The van der Waals surface area contributed by atoms with Crippen LogP contribution in [0.25, 0.3) is 0 Å². The SMILES string of the molecule is O=C(O)c1cc(I)ccc1OC1CCCC1O. The van der Waals surface area contributed by atoms with Crippen LogP contribution < -0.4 is 4.74 Å². The molecule has 1 aliphatic carbocycles. The summed E-state index contributed by atoms with van der Waals surface area (Å²) in [5.41, 5.74) is 0.149. The third kappa shape index (κ3) is 2.90. The molecule has 5 heteroatoms. The van der Waals surface area contributed by atoms with E-state index in [-0.39, 0.29) is 11.7 Å². The first kappa shape index (κ1) is 12.6. The molecule has 2 atom stereocenters. The topological polar surface area (TPSA) is 66.8 Å². The van der Waals surface area contributed by atoms with Crippen LogP contribution in [0.1, 0.15) is 29.6 Å². The Morgan fingerprint density at radius 1 is 1.41 bits per heavy atom.